The summed E-state index contributed by atoms with van der Waals surface area (Å²) in [4.78, 5) is 54.5. The van der Waals surface area contributed by atoms with Crippen LogP contribution in [0.1, 0.15) is 36.2 Å². The lowest BCUT2D eigenvalue weighted by Gasteiger charge is -2.53. The monoisotopic (exact) mass is 449 g/mol. The molecule has 2 aliphatic rings. The molecular weight excluding hydrogens is 422 g/mol. The van der Waals surface area contributed by atoms with E-state index in [9.17, 15) is 19.2 Å². The van der Waals surface area contributed by atoms with Gasteiger partial charge in [-0.05, 0) is 44.0 Å². The summed E-state index contributed by atoms with van der Waals surface area (Å²) in [7, 11) is 3.40. The molecule has 9 nitrogen and oxygen atoms in total. The minimum absolute atomic E-state index is 0.0893. The molecule has 1 unspecified atom stereocenters. The standard InChI is InChI=1S/C24H27N5O4/c1-16(28-11-5-4-7-20(28)30)21(31)29-12-6-10-24(29)14-27(15-24)22(32)17-8-9-18-19(13-17)26(3)23(33)25(18)2/h4-5,7-9,11,13,16H,6,10,12,14-15H2,1-3H3. The molecule has 2 amide bonds. The van der Waals surface area contributed by atoms with Gasteiger partial charge in [-0.1, -0.05) is 6.07 Å². The first-order valence-corrected chi connectivity index (χ1v) is 11.2. The Morgan fingerprint density at radius 3 is 2.45 bits per heavy atom. The van der Waals surface area contributed by atoms with Crippen molar-refractivity contribution in [3.8, 4) is 0 Å². The molecule has 0 aliphatic carbocycles. The molecule has 0 N–H and O–H groups in total. The van der Waals surface area contributed by atoms with Crippen molar-refractivity contribution in [3.05, 3.63) is 69.0 Å². The first-order valence-electron chi connectivity index (χ1n) is 11.2. The van der Waals surface area contributed by atoms with Crippen LogP contribution in [-0.4, -0.2) is 60.5 Å². The predicted molar refractivity (Wildman–Crippen MR) is 123 cm³/mol. The van der Waals surface area contributed by atoms with E-state index < -0.39 is 6.04 Å². The SMILES string of the molecule is CC(C(=O)N1CCCC12CN(C(=O)c1ccc3c(c1)n(C)c(=O)n3C)C2)n1ccccc1=O. The summed E-state index contributed by atoms with van der Waals surface area (Å²) in [6.45, 7) is 3.32. The number of hydrogen-bond donors (Lipinski definition) is 0. The number of amides is 2. The van der Waals surface area contributed by atoms with Crippen molar-refractivity contribution in [1.29, 1.82) is 0 Å². The lowest BCUT2D eigenvalue weighted by atomic mass is 9.86. The highest BCUT2D eigenvalue weighted by molar-refractivity contribution is 5.98. The van der Waals surface area contributed by atoms with E-state index in [-0.39, 0.29) is 28.6 Å². The zero-order valence-corrected chi connectivity index (χ0v) is 19.0. The number of benzene rings is 1. The predicted octanol–water partition coefficient (Wildman–Crippen LogP) is 1.12. The molecule has 2 saturated heterocycles. The highest BCUT2D eigenvalue weighted by Crippen LogP contribution is 2.39. The lowest BCUT2D eigenvalue weighted by molar-refractivity contribution is -0.144. The summed E-state index contributed by atoms with van der Waals surface area (Å²) >= 11 is 0. The Bertz CT molecular complexity index is 1390. The van der Waals surface area contributed by atoms with Gasteiger partial charge in [-0.25, -0.2) is 4.79 Å². The zero-order valence-electron chi connectivity index (χ0n) is 19.0. The van der Waals surface area contributed by atoms with Crippen molar-refractivity contribution in [2.24, 2.45) is 14.1 Å². The van der Waals surface area contributed by atoms with Crippen LogP contribution in [-0.2, 0) is 18.9 Å². The van der Waals surface area contributed by atoms with Crippen molar-refractivity contribution in [2.45, 2.75) is 31.3 Å². The second-order valence-corrected chi connectivity index (χ2v) is 9.21. The van der Waals surface area contributed by atoms with Crippen molar-refractivity contribution in [2.75, 3.05) is 19.6 Å². The molecule has 1 aromatic carbocycles. The fourth-order valence-corrected chi connectivity index (χ4v) is 5.35. The van der Waals surface area contributed by atoms with Crippen molar-refractivity contribution >= 4 is 22.8 Å². The second kappa shape index (κ2) is 7.47. The van der Waals surface area contributed by atoms with Crippen LogP contribution in [0.5, 0.6) is 0 Å². The number of nitrogens with zero attached hydrogens (tertiary/aromatic N) is 5. The highest BCUT2D eigenvalue weighted by Gasteiger charge is 2.54. The van der Waals surface area contributed by atoms with Gasteiger partial charge in [-0.3, -0.25) is 23.5 Å². The Morgan fingerprint density at radius 1 is 1.00 bits per heavy atom. The van der Waals surface area contributed by atoms with E-state index in [4.69, 9.17) is 0 Å². The number of aryl methyl sites for hydroxylation is 2. The highest BCUT2D eigenvalue weighted by atomic mass is 16.2. The van der Waals surface area contributed by atoms with E-state index >= 15 is 0 Å². The van der Waals surface area contributed by atoms with E-state index in [1.54, 1.807) is 67.0 Å². The van der Waals surface area contributed by atoms with Crippen LogP contribution in [0.2, 0.25) is 0 Å². The van der Waals surface area contributed by atoms with Crippen molar-refractivity contribution in [3.63, 3.8) is 0 Å². The normalized spacial score (nSPS) is 18.0. The molecule has 33 heavy (non-hydrogen) atoms. The third kappa shape index (κ3) is 3.13. The number of imidazole rings is 1. The molecule has 1 spiro atoms. The Hall–Kier alpha value is -3.62. The van der Waals surface area contributed by atoms with Crippen LogP contribution in [0, 0.1) is 0 Å². The second-order valence-electron chi connectivity index (χ2n) is 9.21. The molecule has 2 aliphatic heterocycles. The molecule has 3 aromatic rings. The molecular formula is C24H27N5O4. The first kappa shape index (κ1) is 21.2. The van der Waals surface area contributed by atoms with Crippen LogP contribution in [0.15, 0.2) is 52.2 Å². The lowest BCUT2D eigenvalue weighted by Crippen LogP contribution is -2.70. The summed E-state index contributed by atoms with van der Waals surface area (Å²) in [6.07, 6.45) is 3.35. The zero-order chi connectivity index (χ0) is 23.5. The largest absolute Gasteiger partial charge is 0.334 e. The maximum atomic E-state index is 13.3. The summed E-state index contributed by atoms with van der Waals surface area (Å²) in [5.41, 5.74) is 1.30. The Labute approximate surface area is 190 Å². The Morgan fingerprint density at radius 2 is 1.73 bits per heavy atom. The maximum absolute atomic E-state index is 13.3. The molecule has 9 heteroatoms. The van der Waals surface area contributed by atoms with Gasteiger partial charge in [0.1, 0.15) is 6.04 Å². The molecule has 2 fully saturated rings. The third-order valence-electron chi connectivity index (χ3n) is 7.26. The quantitative estimate of drug-likeness (QED) is 0.599. The minimum atomic E-state index is -0.597. The van der Waals surface area contributed by atoms with Gasteiger partial charge in [-0.2, -0.15) is 0 Å². The van der Waals surface area contributed by atoms with Crippen molar-refractivity contribution in [1.82, 2.24) is 23.5 Å². The van der Waals surface area contributed by atoms with Crippen LogP contribution in [0.3, 0.4) is 0 Å². The third-order valence-corrected chi connectivity index (χ3v) is 7.26. The number of aromatic nitrogens is 3. The van der Waals surface area contributed by atoms with E-state index in [1.807, 2.05) is 4.90 Å². The summed E-state index contributed by atoms with van der Waals surface area (Å²) < 4.78 is 4.55. The smallest absolute Gasteiger partial charge is 0.328 e. The number of pyridine rings is 1. The Balaban J connectivity index is 1.34. The molecule has 1 atom stereocenters. The number of fused-ring (bicyclic) bond motifs is 1. The molecule has 0 saturated carbocycles. The molecule has 0 bridgehead atoms. The number of likely N-dealkylation sites (tertiary alicyclic amines) is 2. The van der Waals surface area contributed by atoms with Gasteiger partial charge in [0, 0.05) is 51.6 Å². The maximum Gasteiger partial charge on any atom is 0.328 e. The number of carbonyl (C=O) groups excluding carboxylic acids is 2. The van der Waals surface area contributed by atoms with E-state index in [1.165, 1.54) is 15.2 Å². The van der Waals surface area contributed by atoms with Gasteiger partial charge in [0.15, 0.2) is 0 Å². The van der Waals surface area contributed by atoms with E-state index in [0.717, 1.165) is 18.4 Å². The fraction of sp³-hybridized carbons (Fsp3) is 0.417. The van der Waals surface area contributed by atoms with Gasteiger partial charge in [0.25, 0.3) is 11.5 Å². The topological polar surface area (TPSA) is 89.6 Å². The van der Waals surface area contributed by atoms with Gasteiger partial charge < -0.3 is 14.4 Å². The number of carbonyl (C=O) groups is 2. The van der Waals surface area contributed by atoms with Gasteiger partial charge in [-0.15, -0.1) is 0 Å². The average molecular weight is 450 g/mol. The number of hydrogen-bond acceptors (Lipinski definition) is 4. The van der Waals surface area contributed by atoms with Gasteiger partial charge in [0.2, 0.25) is 5.91 Å². The summed E-state index contributed by atoms with van der Waals surface area (Å²) in [5.74, 6) is -0.195. The van der Waals surface area contributed by atoms with E-state index in [2.05, 4.69) is 0 Å². The first-order chi connectivity index (χ1) is 15.7. The van der Waals surface area contributed by atoms with Crippen molar-refractivity contribution < 1.29 is 9.59 Å². The molecule has 5 rings (SSSR count). The molecule has 2 aromatic heterocycles. The van der Waals surface area contributed by atoms with Crippen LogP contribution >= 0.6 is 0 Å². The van der Waals surface area contributed by atoms with Gasteiger partial charge in [0.05, 0.1) is 16.6 Å². The van der Waals surface area contributed by atoms with Crippen LogP contribution < -0.4 is 11.2 Å². The molecule has 4 heterocycles. The van der Waals surface area contributed by atoms with Crippen LogP contribution in [0.25, 0.3) is 11.0 Å². The fourth-order valence-electron chi connectivity index (χ4n) is 5.35. The average Bonchev–Trinajstić information content (AvgIpc) is 3.33. The minimum Gasteiger partial charge on any atom is -0.334 e. The summed E-state index contributed by atoms with van der Waals surface area (Å²) in [6, 6.07) is 9.56. The van der Waals surface area contributed by atoms with Gasteiger partial charge >= 0.3 is 5.69 Å². The molecule has 0 radical (unpaired) electrons. The number of rotatable bonds is 3. The molecule has 172 valence electrons. The Kier molecular flexibility index (Phi) is 4.81. The van der Waals surface area contributed by atoms with E-state index in [0.29, 0.717) is 30.7 Å². The summed E-state index contributed by atoms with van der Waals surface area (Å²) in [5, 5.41) is 0. The van der Waals surface area contributed by atoms with Crippen LogP contribution in [0.4, 0.5) is 0 Å².